The van der Waals surface area contributed by atoms with Gasteiger partial charge in [-0.3, -0.25) is 4.99 Å². The molecule has 92 valence electrons. The molecule has 0 saturated heterocycles. The average Bonchev–Trinajstić information content (AvgIpc) is 2.57. The van der Waals surface area contributed by atoms with Crippen molar-refractivity contribution in [1.82, 2.24) is 0 Å². The van der Waals surface area contributed by atoms with Gasteiger partial charge in [0.2, 0.25) is 0 Å². The van der Waals surface area contributed by atoms with E-state index in [2.05, 4.69) is 26.2 Å². The van der Waals surface area contributed by atoms with Crippen LogP contribution in [0, 0.1) is 0 Å². The highest BCUT2D eigenvalue weighted by Crippen LogP contribution is 2.25. The lowest BCUT2D eigenvalue weighted by Crippen LogP contribution is -2.11. The largest absolute Gasteiger partial charge is 0.497 e. The first kappa shape index (κ1) is 12.4. The van der Waals surface area contributed by atoms with Crippen molar-refractivity contribution in [1.29, 1.82) is 0 Å². The van der Waals surface area contributed by atoms with Crippen molar-refractivity contribution in [3.05, 3.63) is 22.7 Å². The predicted molar refractivity (Wildman–Crippen MR) is 75.1 cm³/mol. The van der Waals surface area contributed by atoms with E-state index in [0.717, 1.165) is 34.7 Å². The summed E-state index contributed by atoms with van der Waals surface area (Å²) in [7, 11) is 1.68. The Balaban J connectivity index is 2.11. The molecule has 0 bridgehead atoms. The average molecular weight is 297 g/mol. The summed E-state index contributed by atoms with van der Waals surface area (Å²) >= 11 is 3.47. The fourth-order valence-corrected chi connectivity index (χ4v) is 2.37. The molecule has 0 spiro atoms. The third-order valence-electron chi connectivity index (χ3n) is 2.77. The first-order chi connectivity index (χ1) is 8.28. The third-order valence-corrected chi connectivity index (χ3v) is 3.23. The first-order valence-corrected chi connectivity index (χ1v) is 6.72. The zero-order chi connectivity index (χ0) is 12.1. The summed E-state index contributed by atoms with van der Waals surface area (Å²) in [4.78, 5) is 4.55. The van der Waals surface area contributed by atoms with Crippen LogP contribution in [0.3, 0.4) is 0 Å². The lowest BCUT2D eigenvalue weighted by Gasteiger charge is -2.10. The highest BCUT2D eigenvalue weighted by Gasteiger charge is 2.06. The van der Waals surface area contributed by atoms with E-state index in [1.807, 2.05) is 18.2 Å². The Kier molecular flexibility index (Phi) is 4.42. The summed E-state index contributed by atoms with van der Waals surface area (Å²) in [5.74, 6) is 1.93. The second kappa shape index (κ2) is 6.05. The Hall–Kier alpha value is -1.03. The van der Waals surface area contributed by atoms with Gasteiger partial charge in [-0.25, -0.2) is 0 Å². The Morgan fingerprint density at radius 3 is 2.94 bits per heavy atom. The third kappa shape index (κ3) is 3.73. The van der Waals surface area contributed by atoms with Crippen LogP contribution in [0.1, 0.15) is 25.7 Å². The van der Waals surface area contributed by atoms with E-state index in [9.17, 15) is 0 Å². The van der Waals surface area contributed by atoms with Crippen LogP contribution in [0.2, 0.25) is 0 Å². The number of rotatable bonds is 2. The van der Waals surface area contributed by atoms with Crippen molar-refractivity contribution in [2.75, 3.05) is 19.0 Å². The molecule has 1 aromatic rings. The van der Waals surface area contributed by atoms with Crippen molar-refractivity contribution in [2.45, 2.75) is 25.7 Å². The molecule has 1 aromatic carbocycles. The fourth-order valence-electron chi connectivity index (χ4n) is 1.90. The van der Waals surface area contributed by atoms with Gasteiger partial charge in [0, 0.05) is 29.2 Å². The molecule has 0 unspecified atom stereocenters. The van der Waals surface area contributed by atoms with Crippen LogP contribution in [0.25, 0.3) is 0 Å². The van der Waals surface area contributed by atoms with Crippen molar-refractivity contribution < 1.29 is 4.74 Å². The molecule has 1 aliphatic rings. The van der Waals surface area contributed by atoms with Crippen molar-refractivity contribution in [2.24, 2.45) is 4.99 Å². The summed E-state index contributed by atoms with van der Waals surface area (Å²) in [5, 5.41) is 3.38. The molecule has 3 nitrogen and oxygen atoms in total. The first-order valence-electron chi connectivity index (χ1n) is 5.93. The van der Waals surface area contributed by atoms with Crippen LogP contribution in [0.4, 0.5) is 5.69 Å². The van der Waals surface area contributed by atoms with Gasteiger partial charge in [0.1, 0.15) is 11.6 Å². The van der Waals surface area contributed by atoms with Gasteiger partial charge < -0.3 is 10.1 Å². The van der Waals surface area contributed by atoms with Gasteiger partial charge in [-0.05, 0) is 25.0 Å². The fraction of sp³-hybridized carbons (Fsp3) is 0.462. The Bertz CT molecular complexity index is 418. The summed E-state index contributed by atoms with van der Waals surface area (Å²) in [5.41, 5.74) is 1.02. The molecule has 1 N–H and O–H groups in total. The Morgan fingerprint density at radius 1 is 1.24 bits per heavy atom. The summed E-state index contributed by atoms with van der Waals surface area (Å²) < 4.78 is 6.25. The second-order valence-electron chi connectivity index (χ2n) is 4.14. The number of halogens is 1. The molecule has 0 fully saturated rings. The standard InChI is InChI=1S/C13H17BrN2O/c1-17-12-8-10(14)7-11(9-12)16-13-5-3-2-4-6-15-13/h7-9H,2-6H2,1H3,(H,15,16). The molecular weight excluding hydrogens is 280 g/mol. The summed E-state index contributed by atoms with van der Waals surface area (Å²) in [6.45, 7) is 0.938. The van der Waals surface area contributed by atoms with Gasteiger partial charge in [0.15, 0.2) is 0 Å². The number of aliphatic imine (C=N–C) groups is 1. The van der Waals surface area contributed by atoms with Crippen LogP contribution in [-0.2, 0) is 0 Å². The van der Waals surface area contributed by atoms with E-state index in [-0.39, 0.29) is 0 Å². The lowest BCUT2D eigenvalue weighted by atomic mass is 10.2. The number of hydrogen-bond acceptors (Lipinski definition) is 3. The SMILES string of the molecule is COc1cc(Br)cc(NC2=NCCCCC2)c1. The number of nitrogens with one attached hydrogen (secondary N) is 1. The number of nitrogens with zero attached hydrogens (tertiary/aromatic N) is 1. The van der Waals surface area contributed by atoms with E-state index >= 15 is 0 Å². The second-order valence-corrected chi connectivity index (χ2v) is 5.06. The Morgan fingerprint density at radius 2 is 2.12 bits per heavy atom. The molecular formula is C13H17BrN2O. The predicted octanol–water partition coefficient (Wildman–Crippen LogP) is 3.84. The topological polar surface area (TPSA) is 33.6 Å². The van der Waals surface area contributed by atoms with Crippen LogP contribution in [0.5, 0.6) is 5.75 Å². The smallest absolute Gasteiger partial charge is 0.122 e. The van der Waals surface area contributed by atoms with Gasteiger partial charge in [0.05, 0.1) is 7.11 Å². The van der Waals surface area contributed by atoms with E-state index in [1.54, 1.807) is 7.11 Å². The molecule has 0 aliphatic carbocycles. The molecule has 0 saturated carbocycles. The van der Waals surface area contributed by atoms with E-state index in [0.29, 0.717) is 0 Å². The van der Waals surface area contributed by atoms with Crippen molar-refractivity contribution >= 4 is 27.5 Å². The van der Waals surface area contributed by atoms with Crippen LogP contribution in [0.15, 0.2) is 27.7 Å². The van der Waals surface area contributed by atoms with E-state index < -0.39 is 0 Å². The number of ether oxygens (including phenoxy) is 1. The molecule has 0 amide bonds. The molecule has 0 atom stereocenters. The molecule has 0 aromatic heterocycles. The molecule has 1 heterocycles. The van der Waals surface area contributed by atoms with Gasteiger partial charge in [0.25, 0.3) is 0 Å². The highest BCUT2D eigenvalue weighted by atomic mass is 79.9. The van der Waals surface area contributed by atoms with E-state index in [4.69, 9.17) is 4.74 Å². The molecule has 1 aliphatic heterocycles. The van der Waals surface area contributed by atoms with Gasteiger partial charge >= 0.3 is 0 Å². The minimum atomic E-state index is 0.844. The van der Waals surface area contributed by atoms with Gasteiger partial charge in [-0.15, -0.1) is 0 Å². The minimum Gasteiger partial charge on any atom is -0.497 e. The molecule has 0 radical (unpaired) electrons. The van der Waals surface area contributed by atoms with Crippen LogP contribution in [-0.4, -0.2) is 19.5 Å². The molecule has 4 heteroatoms. The Labute approximate surface area is 110 Å². The summed E-state index contributed by atoms with van der Waals surface area (Å²) in [6, 6.07) is 5.97. The van der Waals surface area contributed by atoms with E-state index in [1.165, 1.54) is 19.3 Å². The van der Waals surface area contributed by atoms with Crippen LogP contribution >= 0.6 is 15.9 Å². The van der Waals surface area contributed by atoms with Crippen LogP contribution < -0.4 is 10.1 Å². The zero-order valence-electron chi connectivity index (χ0n) is 10.0. The molecule has 17 heavy (non-hydrogen) atoms. The monoisotopic (exact) mass is 296 g/mol. The molecule has 2 rings (SSSR count). The number of hydrogen-bond donors (Lipinski definition) is 1. The van der Waals surface area contributed by atoms with Crippen molar-refractivity contribution in [3.63, 3.8) is 0 Å². The number of amidine groups is 1. The highest BCUT2D eigenvalue weighted by molar-refractivity contribution is 9.10. The number of benzene rings is 1. The quantitative estimate of drug-likeness (QED) is 0.899. The zero-order valence-corrected chi connectivity index (χ0v) is 11.6. The lowest BCUT2D eigenvalue weighted by molar-refractivity contribution is 0.415. The normalized spacial score (nSPS) is 16.0. The number of anilines is 1. The summed E-state index contributed by atoms with van der Waals surface area (Å²) in [6.07, 6.45) is 4.73. The maximum absolute atomic E-state index is 5.24. The van der Waals surface area contributed by atoms with Gasteiger partial charge in [-0.1, -0.05) is 22.4 Å². The maximum atomic E-state index is 5.24. The number of methoxy groups -OCH3 is 1. The minimum absolute atomic E-state index is 0.844. The van der Waals surface area contributed by atoms with Gasteiger partial charge in [-0.2, -0.15) is 0 Å². The maximum Gasteiger partial charge on any atom is 0.122 e. The van der Waals surface area contributed by atoms with Crippen molar-refractivity contribution in [3.8, 4) is 5.75 Å².